The lowest BCUT2D eigenvalue weighted by Gasteiger charge is -2.37. The molecular weight excluding hydrogens is 857 g/mol. The van der Waals surface area contributed by atoms with Crippen molar-refractivity contribution >= 4 is 64.3 Å². The standard InChI is InChI=1S/C46H55F2N11O7/c1-54-36-25-49-45(53-40(36)59(31-5-3-4-6-31)27-46(47,48)44(54)65)51-34-10-7-28(24-37(34)66-2)41(62)50-30-13-17-57(18-14-30)39(61)15-16-55-19-21-56(22-20-55)32-8-9-33-29(23-32)26-58(43(33)64)35-11-12-38(60)52-42(35)63/h7-10,23-25,30-31,35H,3-6,11-22,26-27H2,1-2H3,(H,50,62)(H,49,51,53)(H,52,60,63). The predicted molar refractivity (Wildman–Crippen MR) is 239 cm³/mol. The van der Waals surface area contributed by atoms with Crippen molar-refractivity contribution in [3.05, 3.63) is 59.3 Å². The first kappa shape index (κ1) is 44.7. The molecule has 6 heterocycles. The van der Waals surface area contributed by atoms with Gasteiger partial charge in [-0.15, -0.1) is 0 Å². The average Bonchev–Trinajstić information content (AvgIpc) is 3.96. The van der Waals surface area contributed by atoms with Crippen LogP contribution in [0.1, 0.15) is 84.1 Å². The minimum Gasteiger partial charge on any atom is -0.495 e. The van der Waals surface area contributed by atoms with Crippen LogP contribution in [0.2, 0.25) is 0 Å². The van der Waals surface area contributed by atoms with Gasteiger partial charge < -0.3 is 39.9 Å². The number of alkyl halides is 2. The second kappa shape index (κ2) is 18.4. The van der Waals surface area contributed by atoms with Gasteiger partial charge in [-0.3, -0.25) is 39.0 Å². The summed E-state index contributed by atoms with van der Waals surface area (Å²) < 4.78 is 35.7. The van der Waals surface area contributed by atoms with Gasteiger partial charge in [-0.25, -0.2) is 4.98 Å². The number of piperazine rings is 1. The Bertz CT molecular complexity index is 2420. The highest BCUT2D eigenvalue weighted by molar-refractivity contribution is 6.06. The summed E-state index contributed by atoms with van der Waals surface area (Å²) in [5, 5.41) is 8.56. The van der Waals surface area contributed by atoms with E-state index >= 15 is 8.78 Å². The summed E-state index contributed by atoms with van der Waals surface area (Å²) in [6.07, 6.45) is 6.80. The fraction of sp³-hybridized carbons (Fsp3) is 0.522. The van der Waals surface area contributed by atoms with Crippen molar-refractivity contribution in [3.63, 3.8) is 0 Å². The molecule has 9 rings (SSSR count). The molecule has 0 bridgehead atoms. The highest BCUT2D eigenvalue weighted by Crippen LogP contribution is 2.40. The number of amides is 6. The van der Waals surface area contributed by atoms with Crippen molar-refractivity contribution in [1.82, 2.24) is 35.3 Å². The zero-order valence-electron chi connectivity index (χ0n) is 37.2. The SMILES string of the molecule is COc1cc(C(=O)NC2CCN(C(=O)CCN3CCN(c4ccc5c(c4)CN(C4CCC(=O)NC4=O)C5=O)CC3)CC2)ccc1Nc1ncc2c(n1)N(C1CCCC1)CC(F)(F)C(=O)N2C. The van der Waals surface area contributed by atoms with Gasteiger partial charge in [-0.2, -0.15) is 13.8 Å². The number of rotatable bonds is 11. The maximum absolute atomic E-state index is 15.1. The molecule has 1 unspecified atom stereocenters. The normalized spacial score (nSPS) is 21.7. The van der Waals surface area contributed by atoms with E-state index in [0.717, 1.165) is 68.0 Å². The Labute approximate surface area is 381 Å². The van der Waals surface area contributed by atoms with Crippen LogP contribution in [0.4, 0.5) is 37.6 Å². The summed E-state index contributed by atoms with van der Waals surface area (Å²) >= 11 is 0. The highest BCUT2D eigenvalue weighted by atomic mass is 19.3. The molecule has 3 N–H and O–H groups in total. The van der Waals surface area contributed by atoms with Crippen LogP contribution in [-0.4, -0.2) is 151 Å². The number of anilines is 5. The second-order valence-corrected chi connectivity index (χ2v) is 18.0. The van der Waals surface area contributed by atoms with Gasteiger partial charge in [-0.1, -0.05) is 12.8 Å². The van der Waals surface area contributed by atoms with Crippen molar-refractivity contribution in [3.8, 4) is 5.75 Å². The molecule has 1 atom stereocenters. The van der Waals surface area contributed by atoms with E-state index in [1.54, 1.807) is 28.0 Å². The molecule has 66 heavy (non-hydrogen) atoms. The first-order valence-electron chi connectivity index (χ1n) is 22.8. The number of carbonyl (C=O) groups is 6. The molecule has 3 saturated heterocycles. The van der Waals surface area contributed by atoms with E-state index in [9.17, 15) is 28.8 Å². The molecule has 18 nitrogen and oxygen atoms in total. The molecule has 20 heteroatoms. The zero-order chi connectivity index (χ0) is 46.3. The van der Waals surface area contributed by atoms with Crippen LogP contribution < -0.4 is 35.4 Å². The number of imide groups is 1. The number of hydrogen-bond donors (Lipinski definition) is 3. The van der Waals surface area contributed by atoms with Crippen molar-refractivity contribution in [2.24, 2.45) is 0 Å². The fourth-order valence-electron chi connectivity index (χ4n) is 10.1. The number of hydrogen-bond acceptors (Lipinski definition) is 13. The molecule has 1 saturated carbocycles. The predicted octanol–water partition coefficient (Wildman–Crippen LogP) is 3.28. The number of ether oxygens (including phenoxy) is 1. The second-order valence-electron chi connectivity index (χ2n) is 18.0. The third-order valence-electron chi connectivity index (χ3n) is 13.9. The molecule has 350 valence electrons. The lowest BCUT2D eigenvalue weighted by molar-refractivity contribution is -0.140. The quantitative estimate of drug-likeness (QED) is 0.238. The number of nitrogens with one attached hydrogen (secondary N) is 3. The fourth-order valence-corrected chi connectivity index (χ4v) is 10.1. The summed E-state index contributed by atoms with van der Waals surface area (Å²) in [5.74, 6) is -5.30. The molecule has 1 aromatic heterocycles. The van der Waals surface area contributed by atoms with E-state index in [-0.39, 0.29) is 59.6 Å². The summed E-state index contributed by atoms with van der Waals surface area (Å²) in [7, 11) is 2.78. The topological polar surface area (TPSA) is 193 Å². The van der Waals surface area contributed by atoms with Gasteiger partial charge in [0, 0.05) is 101 Å². The molecule has 5 aliphatic heterocycles. The van der Waals surface area contributed by atoms with Gasteiger partial charge >= 0.3 is 5.92 Å². The van der Waals surface area contributed by atoms with Crippen molar-refractivity contribution in [1.29, 1.82) is 0 Å². The van der Waals surface area contributed by atoms with Crippen LogP contribution >= 0.6 is 0 Å². The van der Waals surface area contributed by atoms with E-state index in [1.807, 2.05) is 23.1 Å². The molecule has 6 amide bonds. The minimum absolute atomic E-state index is 0.0852. The smallest absolute Gasteiger partial charge is 0.342 e. The molecule has 3 aromatic rings. The van der Waals surface area contributed by atoms with Gasteiger partial charge in [0.1, 0.15) is 17.5 Å². The number of halogens is 2. The molecule has 6 aliphatic rings. The summed E-state index contributed by atoms with van der Waals surface area (Å²) in [6, 6.07) is 9.76. The van der Waals surface area contributed by atoms with E-state index in [4.69, 9.17) is 4.74 Å². The van der Waals surface area contributed by atoms with Crippen molar-refractivity contribution in [2.45, 2.75) is 88.4 Å². The van der Waals surface area contributed by atoms with E-state index in [2.05, 4.69) is 35.7 Å². The first-order chi connectivity index (χ1) is 31.8. The number of piperidine rings is 2. The van der Waals surface area contributed by atoms with Gasteiger partial charge in [-0.05, 0) is 74.1 Å². The Morgan fingerprint density at radius 1 is 0.924 bits per heavy atom. The molecule has 2 aromatic carbocycles. The Balaban J connectivity index is 0.729. The maximum atomic E-state index is 15.1. The third-order valence-corrected chi connectivity index (χ3v) is 13.9. The number of aromatic nitrogens is 2. The Morgan fingerprint density at radius 2 is 1.68 bits per heavy atom. The molecular formula is C46H55F2N11O7. The van der Waals surface area contributed by atoms with Crippen LogP contribution in [0.3, 0.4) is 0 Å². The van der Waals surface area contributed by atoms with E-state index < -0.39 is 30.3 Å². The highest BCUT2D eigenvalue weighted by Gasteiger charge is 2.49. The lowest BCUT2D eigenvalue weighted by Crippen LogP contribution is -2.52. The average molecular weight is 912 g/mol. The number of methoxy groups -OCH3 is 1. The Morgan fingerprint density at radius 3 is 2.41 bits per heavy atom. The molecule has 0 spiro atoms. The van der Waals surface area contributed by atoms with Crippen molar-refractivity contribution in [2.75, 3.05) is 86.5 Å². The van der Waals surface area contributed by atoms with Crippen LogP contribution in [0.25, 0.3) is 0 Å². The summed E-state index contributed by atoms with van der Waals surface area (Å²) in [5.41, 5.74) is 3.50. The zero-order valence-corrected chi connectivity index (χ0v) is 37.2. The summed E-state index contributed by atoms with van der Waals surface area (Å²) in [4.78, 5) is 96.0. The number of carbonyl (C=O) groups excluding carboxylic acids is 6. The lowest BCUT2D eigenvalue weighted by atomic mass is 10.0. The van der Waals surface area contributed by atoms with E-state index in [0.29, 0.717) is 74.4 Å². The number of nitrogens with zero attached hydrogens (tertiary/aromatic N) is 8. The van der Waals surface area contributed by atoms with Crippen molar-refractivity contribution < 1.29 is 42.3 Å². The number of benzene rings is 2. The maximum Gasteiger partial charge on any atom is 0.342 e. The van der Waals surface area contributed by atoms with Gasteiger partial charge in [0.05, 0.1) is 25.5 Å². The number of fused-ring (bicyclic) bond motifs is 2. The van der Waals surface area contributed by atoms with Gasteiger partial charge in [0.2, 0.25) is 23.7 Å². The number of likely N-dealkylation sites (tertiary alicyclic amines) is 1. The Hall–Kier alpha value is -6.44. The molecule has 0 radical (unpaired) electrons. The Kier molecular flexibility index (Phi) is 12.5. The van der Waals surface area contributed by atoms with Gasteiger partial charge in [0.15, 0.2) is 5.82 Å². The van der Waals surface area contributed by atoms with E-state index in [1.165, 1.54) is 20.4 Å². The largest absolute Gasteiger partial charge is 0.495 e. The van der Waals surface area contributed by atoms with Crippen LogP contribution in [-0.2, 0) is 25.7 Å². The monoisotopic (exact) mass is 911 g/mol. The molecule has 4 fully saturated rings. The first-order valence-corrected chi connectivity index (χ1v) is 22.8. The minimum atomic E-state index is -3.59. The summed E-state index contributed by atoms with van der Waals surface area (Å²) in [6.45, 7) is 4.38. The van der Waals surface area contributed by atoms with Crippen LogP contribution in [0.5, 0.6) is 5.75 Å². The van der Waals surface area contributed by atoms with Gasteiger partial charge in [0.25, 0.3) is 17.7 Å². The third kappa shape index (κ3) is 9.06. The molecule has 1 aliphatic carbocycles. The van der Waals surface area contributed by atoms with Crippen LogP contribution in [0, 0.1) is 0 Å². The van der Waals surface area contributed by atoms with Crippen LogP contribution in [0.15, 0.2) is 42.6 Å².